The minimum Gasteiger partial charge on any atom is -0.375 e. The van der Waals surface area contributed by atoms with E-state index < -0.39 is 0 Å². The SMILES string of the molecule is Cc1nc(N)sc1SC#N. The van der Waals surface area contributed by atoms with Crippen LogP contribution in [0.2, 0.25) is 0 Å². The summed E-state index contributed by atoms with van der Waals surface area (Å²) in [6, 6.07) is 0. The van der Waals surface area contributed by atoms with Crippen molar-refractivity contribution in [1.82, 2.24) is 4.98 Å². The summed E-state index contributed by atoms with van der Waals surface area (Å²) in [5, 5.41) is 10.8. The maximum absolute atomic E-state index is 8.30. The van der Waals surface area contributed by atoms with E-state index >= 15 is 0 Å². The zero-order valence-electron chi connectivity index (χ0n) is 5.29. The molecule has 2 N–H and O–H groups in total. The molecule has 0 aliphatic carbocycles. The van der Waals surface area contributed by atoms with E-state index in [1.807, 2.05) is 12.3 Å². The van der Waals surface area contributed by atoms with Crippen molar-refractivity contribution in [2.24, 2.45) is 0 Å². The molecule has 0 aliphatic rings. The van der Waals surface area contributed by atoms with Crippen LogP contribution in [0.25, 0.3) is 0 Å². The molecule has 1 aromatic heterocycles. The summed E-state index contributed by atoms with van der Waals surface area (Å²) in [7, 11) is 0. The van der Waals surface area contributed by atoms with Crippen molar-refractivity contribution in [1.29, 1.82) is 5.26 Å². The summed E-state index contributed by atoms with van der Waals surface area (Å²) in [5.74, 6) is 0. The number of nitrogens with zero attached hydrogens (tertiary/aromatic N) is 2. The van der Waals surface area contributed by atoms with Crippen LogP contribution >= 0.6 is 23.1 Å². The van der Waals surface area contributed by atoms with Gasteiger partial charge in [-0.2, -0.15) is 5.26 Å². The minimum atomic E-state index is 0.523. The number of rotatable bonds is 1. The number of hydrogen-bond donors (Lipinski definition) is 1. The maximum atomic E-state index is 8.30. The predicted octanol–water partition coefficient (Wildman–Crippen LogP) is 1.61. The predicted molar refractivity (Wildman–Crippen MR) is 42.7 cm³/mol. The van der Waals surface area contributed by atoms with Gasteiger partial charge in [0.2, 0.25) is 0 Å². The highest BCUT2D eigenvalue weighted by Crippen LogP contribution is 2.29. The molecule has 3 nitrogen and oxygen atoms in total. The number of anilines is 1. The molecule has 0 radical (unpaired) electrons. The number of aromatic nitrogens is 1. The van der Waals surface area contributed by atoms with Crippen LogP contribution in [0.3, 0.4) is 0 Å². The van der Waals surface area contributed by atoms with Crippen molar-refractivity contribution in [3.8, 4) is 5.40 Å². The second kappa shape index (κ2) is 2.90. The highest BCUT2D eigenvalue weighted by molar-refractivity contribution is 8.05. The van der Waals surface area contributed by atoms with Crippen LogP contribution in [-0.2, 0) is 0 Å². The first kappa shape index (κ1) is 7.38. The Kier molecular flexibility index (Phi) is 2.14. The molecule has 0 saturated heterocycles. The average molecular weight is 171 g/mol. The average Bonchev–Trinajstić information content (AvgIpc) is 2.13. The molecule has 0 spiro atoms. The van der Waals surface area contributed by atoms with Gasteiger partial charge >= 0.3 is 0 Å². The van der Waals surface area contributed by atoms with Gasteiger partial charge in [0, 0.05) is 11.8 Å². The molecule has 0 atom stereocenters. The number of nitrogens with two attached hydrogens (primary N) is 1. The quantitative estimate of drug-likeness (QED) is 0.515. The normalized spacial score (nSPS) is 9.20. The first-order chi connectivity index (χ1) is 4.74. The third-order valence-corrected chi connectivity index (χ3v) is 2.76. The molecule has 0 bridgehead atoms. The minimum absolute atomic E-state index is 0.523. The third-order valence-electron chi connectivity index (χ3n) is 0.909. The van der Waals surface area contributed by atoms with Crippen LogP contribution in [0.5, 0.6) is 0 Å². The standard InChI is InChI=1S/C5H5N3S2/c1-3-4(9-2-6)10-5(7)8-3/h1H3,(H2,7,8). The Bertz CT molecular complexity index is 273. The first-order valence-electron chi connectivity index (χ1n) is 2.53. The van der Waals surface area contributed by atoms with Gasteiger partial charge in [0.15, 0.2) is 5.13 Å². The summed E-state index contributed by atoms with van der Waals surface area (Å²) in [4.78, 5) is 3.95. The van der Waals surface area contributed by atoms with Crippen molar-refractivity contribution in [3.63, 3.8) is 0 Å². The molecule has 0 amide bonds. The van der Waals surface area contributed by atoms with Crippen LogP contribution in [-0.4, -0.2) is 4.98 Å². The summed E-state index contributed by atoms with van der Waals surface area (Å²) in [6.45, 7) is 1.84. The topological polar surface area (TPSA) is 62.7 Å². The largest absolute Gasteiger partial charge is 0.375 e. The molecule has 52 valence electrons. The Hall–Kier alpha value is -0.730. The third kappa shape index (κ3) is 1.40. The maximum Gasteiger partial charge on any atom is 0.181 e. The smallest absolute Gasteiger partial charge is 0.181 e. The Labute approximate surface area is 66.9 Å². The molecule has 0 aromatic carbocycles. The van der Waals surface area contributed by atoms with E-state index in [0.29, 0.717) is 5.13 Å². The van der Waals surface area contributed by atoms with Gasteiger partial charge in [-0.15, -0.1) is 0 Å². The number of hydrogen-bond acceptors (Lipinski definition) is 5. The van der Waals surface area contributed by atoms with Gasteiger partial charge in [0.05, 0.1) is 9.90 Å². The van der Waals surface area contributed by atoms with E-state index in [1.54, 1.807) is 0 Å². The Morgan fingerprint density at radius 1 is 1.80 bits per heavy atom. The van der Waals surface area contributed by atoms with Crippen LogP contribution in [0.1, 0.15) is 5.69 Å². The lowest BCUT2D eigenvalue weighted by atomic mass is 10.6. The molecular formula is C5H5N3S2. The number of nitrogen functional groups attached to an aromatic ring is 1. The zero-order chi connectivity index (χ0) is 7.56. The number of nitriles is 1. The fraction of sp³-hybridized carbons (Fsp3) is 0.200. The summed E-state index contributed by atoms with van der Waals surface area (Å²) in [6.07, 6.45) is 0. The highest BCUT2D eigenvalue weighted by Gasteiger charge is 2.03. The Morgan fingerprint density at radius 3 is 2.90 bits per heavy atom. The van der Waals surface area contributed by atoms with E-state index in [4.69, 9.17) is 11.0 Å². The van der Waals surface area contributed by atoms with Gasteiger partial charge < -0.3 is 5.73 Å². The fourth-order valence-corrected chi connectivity index (χ4v) is 1.92. The summed E-state index contributed by atoms with van der Waals surface area (Å²) < 4.78 is 0.889. The second-order valence-electron chi connectivity index (χ2n) is 1.62. The second-order valence-corrected chi connectivity index (χ2v) is 3.70. The Balaban J connectivity index is 2.94. The number of thiocyanates is 1. The van der Waals surface area contributed by atoms with Crippen molar-refractivity contribution in [3.05, 3.63) is 5.69 Å². The molecule has 1 aromatic rings. The lowest BCUT2D eigenvalue weighted by molar-refractivity contribution is 1.22. The van der Waals surface area contributed by atoms with Crippen molar-refractivity contribution < 1.29 is 0 Å². The first-order valence-corrected chi connectivity index (χ1v) is 4.16. The van der Waals surface area contributed by atoms with E-state index in [2.05, 4.69) is 4.98 Å². The molecule has 0 unspecified atom stereocenters. The number of aryl methyl sites for hydroxylation is 1. The van der Waals surface area contributed by atoms with E-state index in [1.165, 1.54) is 11.3 Å². The monoisotopic (exact) mass is 171 g/mol. The van der Waals surface area contributed by atoms with Gasteiger partial charge in [0.25, 0.3) is 0 Å². The molecule has 0 fully saturated rings. The molecule has 0 aliphatic heterocycles. The van der Waals surface area contributed by atoms with Crippen LogP contribution in [0.15, 0.2) is 4.21 Å². The van der Waals surface area contributed by atoms with E-state index in [9.17, 15) is 0 Å². The fourth-order valence-electron chi connectivity index (χ4n) is 0.539. The molecule has 10 heavy (non-hydrogen) atoms. The van der Waals surface area contributed by atoms with Crippen molar-refractivity contribution in [2.75, 3.05) is 5.73 Å². The van der Waals surface area contributed by atoms with E-state index in [-0.39, 0.29) is 0 Å². The molecule has 5 heteroatoms. The highest BCUT2D eigenvalue weighted by atomic mass is 32.2. The lowest BCUT2D eigenvalue weighted by Gasteiger charge is -1.82. The van der Waals surface area contributed by atoms with Crippen LogP contribution < -0.4 is 5.73 Å². The molecule has 0 saturated carbocycles. The van der Waals surface area contributed by atoms with E-state index in [0.717, 1.165) is 21.7 Å². The molecule has 1 rings (SSSR count). The van der Waals surface area contributed by atoms with Crippen LogP contribution in [0, 0.1) is 17.6 Å². The van der Waals surface area contributed by atoms with Gasteiger partial charge in [-0.1, -0.05) is 11.3 Å². The zero-order valence-corrected chi connectivity index (χ0v) is 6.92. The number of thioether (sulfide) groups is 1. The van der Waals surface area contributed by atoms with Crippen molar-refractivity contribution in [2.45, 2.75) is 11.1 Å². The van der Waals surface area contributed by atoms with Crippen molar-refractivity contribution >= 4 is 28.2 Å². The Morgan fingerprint density at radius 2 is 2.50 bits per heavy atom. The van der Waals surface area contributed by atoms with Crippen LogP contribution in [0.4, 0.5) is 5.13 Å². The van der Waals surface area contributed by atoms with Gasteiger partial charge in [-0.25, -0.2) is 4.98 Å². The summed E-state index contributed by atoms with van der Waals surface area (Å²) >= 11 is 2.45. The molecule has 1 heterocycles. The molecular weight excluding hydrogens is 166 g/mol. The number of thiazole rings is 1. The van der Waals surface area contributed by atoms with Gasteiger partial charge in [-0.05, 0) is 6.92 Å². The van der Waals surface area contributed by atoms with Gasteiger partial charge in [0.1, 0.15) is 5.40 Å². The summed E-state index contributed by atoms with van der Waals surface area (Å²) in [5.41, 5.74) is 6.24. The lowest BCUT2D eigenvalue weighted by Crippen LogP contribution is -1.80. The van der Waals surface area contributed by atoms with Gasteiger partial charge in [-0.3, -0.25) is 0 Å².